The Bertz CT molecular complexity index is 49.7. The van der Waals surface area contributed by atoms with Gasteiger partial charge in [-0.15, -0.1) is 0 Å². The second kappa shape index (κ2) is 2.23. The Morgan fingerprint density at radius 3 is 2.29 bits per heavy atom. The van der Waals surface area contributed by atoms with Crippen molar-refractivity contribution in [3.8, 4) is 0 Å². The summed E-state index contributed by atoms with van der Waals surface area (Å²) in [5.41, 5.74) is 4.06. The van der Waals surface area contributed by atoms with Gasteiger partial charge in [-0.05, 0) is 6.92 Å². The molecule has 0 bridgehead atoms. The predicted octanol–water partition coefficient (Wildman–Crippen LogP) is -0.334. The highest BCUT2D eigenvalue weighted by Crippen LogP contribution is 1.95. The Labute approximate surface area is 42.1 Å². The molecule has 1 unspecified atom stereocenters. The smallest absolute Gasteiger partial charge is 0.109 e. The summed E-state index contributed by atoms with van der Waals surface area (Å²) in [7, 11) is 0. The molecule has 0 spiro atoms. The summed E-state index contributed by atoms with van der Waals surface area (Å²) < 4.78 is 11.5. The lowest BCUT2D eigenvalue weighted by molar-refractivity contribution is 0.179. The van der Waals surface area contributed by atoms with Crippen LogP contribution in [0, 0.1) is 0 Å². The summed E-state index contributed by atoms with van der Waals surface area (Å²) in [5, 5.41) is 8.23. The molecule has 0 aromatic carbocycles. The van der Waals surface area contributed by atoms with Crippen molar-refractivity contribution in [2.45, 2.75) is 12.5 Å². The summed E-state index contributed by atoms with van der Waals surface area (Å²) in [6.45, 7) is 0.472. The van der Waals surface area contributed by atoms with Gasteiger partial charge < -0.3 is 10.8 Å². The first-order chi connectivity index (χ1) is 3.12. The van der Waals surface area contributed by atoms with Crippen LogP contribution in [-0.2, 0) is 0 Å². The van der Waals surface area contributed by atoms with Crippen molar-refractivity contribution in [2.24, 2.45) is 5.73 Å². The number of nitrogens with two attached hydrogens (primary N) is 1. The van der Waals surface area contributed by atoms with Crippen molar-refractivity contribution >= 4 is 0 Å². The lowest BCUT2D eigenvalue weighted by Crippen LogP contribution is -2.42. The van der Waals surface area contributed by atoms with Gasteiger partial charge in [0.2, 0.25) is 0 Å². The lowest BCUT2D eigenvalue weighted by Gasteiger charge is -2.15. The second-order valence-corrected chi connectivity index (χ2v) is 1.95. The van der Waals surface area contributed by atoms with Gasteiger partial charge in [0.1, 0.15) is 6.67 Å². The SMILES string of the molecule is CC(N)(CO)CF. The first-order valence-electron chi connectivity index (χ1n) is 2.08. The zero-order valence-electron chi connectivity index (χ0n) is 4.32. The molecule has 7 heavy (non-hydrogen) atoms. The Morgan fingerprint density at radius 1 is 1.86 bits per heavy atom. The molecule has 0 radical (unpaired) electrons. The number of hydrogen-bond acceptors (Lipinski definition) is 2. The van der Waals surface area contributed by atoms with Gasteiger partial charge >= 0.3 is 0 Å². The number of hydrogen-bond donors (Lipinski definition) is 2. The summed E-state index contributed by atoms with van der Waals surface area (Å²) in [4.78, 5) is 0. The van der Waals surface area contributed by atoms with Gasteiger partial charge in [-0.25, -0.2) is 4.39 Å². The Hall–Kier alpha value is -0.150. The highest BCUT2D eigenvalue weighted by atomic mass is 19.1. The van der Waals surface area contributed by atoms with E-state index >= 15 is 0 Å². The van der Waals surface area contributed by atoms with E-state index in [1.165, 1.54) is 6.92 Å². The van der Waals surface area contributed by atoms with E-state index in [4.69, 9.17) is 10.8 Å². The Balaban J connectivity index is 3.36. The van der Waals surface area contributed by atoms with E-state index in [1.807, 2.05) is 0 Å². The quantitative estimate of drug-likeness (QED) is 0.507. The number of alkyl halides is 1. The van der Waals surface area contributed by atoms with Crippen molar-refractivity contribution in [3.63, 3.8) is 0 Å². The molecule has 0 amide bonds. The number of rotatable bonds is 2. The van der Waals surface area contributed by atoms with Crippen molar-refractivity contribution in [2.75, 3.05) is 13.3 Å². The van der Waals surface area contributed by atoms with Crippen LogP contribution >= 0.6 is 0 Å². The standard InChI is InChI=1S/C4H10FNO/c1-4(6,2-5)3-7/h7H,2-3,6H2,1H3. The zero-order chi connectivity index (χ0) is 5.91. The van der Waals surface area contributed by atoms with Crippen molar-refractivity contribution in [3.05, 3.63) is 0 Å². The molecule has 0 saturated carbocycles. The molecule has 0 aliphatic carbocycles. The minimum absolute atomic E-state index is 0.302. The van der Waals surface area contributed by atoms with Gasteiger partial charge in [0, 0.05) is 0 Å². The first-order valence-corrected chi connectivity index (χ1v) is 2.08. The summed E-state index contributed by atoms with van der Waals surface area (Å²) >= 11 is 0. The molecule has 3 heteroatoms. The average Bonchev–Trinajstić information content (AvgIpc) is 1.68. The monoisotopic (exact) mass is 107 g/mol. The third-order valence-corrected chi connectivity index (χ3v) is 0.666. The maximum absolute atomic E-state index is 11.5. The number of halogens is 1. The maximum Gasteiger partial charge on any atom is 0.109 e. The van der Waals surface area contributed by atoms with E-state index in [0.29, 0.717) is 0 Å². The summed E-state index contributed by atoms with van der Waals surface area (Å²) in [6.07, 6.45) is 0. The first kappa shape index (κ1) is 6.85. The molecule has 0 aliphatic heterocycles. The van der Waals surface area contributed by atoms with Gasteiger partial charge in [-0.3, -0.25) is 0 Å². The molecule has 0 aromatic rings. The van der Waals surface area contributed by atoms with E-state index in [-0.39, 0.29) is 6.61 Å². The largest absolute Gasteiger partial charge is 0.394 e. The van der Waals surface area contributed by atoms with Gasteiger partial charge in [-0.1, -0.05) is 0 Å². The van der Waals surface area contributed by atoms with Crippen LogP contribution in [0.2, 0.25) is 0 Å². The van der Waals surface area contributed by atoms with Crippen molar-refractivity contribution < 1.29 is 9.50 Å². The van der Waals surface area contributed by atoms with Crippen LogP contribution in [0.15, 0.2) is 0 Å². The maximum atomic E-state index is 11.5. The van der Waals surface area contributed by atoms with Crippen LogP contribution in [0.4, 0.5) is 4.39 Å². The molecular weight excluding hydrogens is 97.0 g/mol. The number of aliphatic hydroxyl groups is 1. The highest BCUT2D eigenvalue weighted by Gasteiger charge is 2.14. The van der Waals surface area contributed by atoms with E-state index in [9.17, 15) is 4.39 Å². The fourth-order valence-corrected chi connectivity index (χ4v) is 0.0423. The lowest BCUT2D eigenvalue weighted by atomic mass is 10.1. The van der Waals surface area contributed by atoms with E-state index in [0.717, 1.165) is 0 Å². The molecule has 0 fully saturated rings. The number of aliphatic hydroxyl groups excluding tert-OH is 1. The normalized spacial score (nSPS) is 18.9. The Morgan fingerprint density at radius 2 is 2.29 bits per heavy atom. The minimum atomic E-state index is -1.03. The fraction of sp³-hybridized carbons (Fsp3) is 1.00. The van der Waals surface area contributed by atoms with Gasteiger partial charge in [0.15, 0.2) is 0 Å². The van der Waals surface area contributed by atoms with Gasteiger partial charge in [0.25, 0.3) is 0 Å². The second-order valence-electron chi connectivity index (χ2n) is 1.95. The molecular formula is C4H10FNO. The fourth-order valence-electron chi connectivity index (χ4n) is 0.0423. The van der Waals surface area contributed by atoms with Crippen LogP contribution in [-0.4, -0.2) is 23.9 Å². The molecule has 2 nitrogen and oxygen atoms in total. The Kier molecular flexibility index (Phi) is 2.19. The van der Waals surface area contributed by atoms with Crippen LogP contribution in [0.5, 0.6) is 0 Å². The average molecular weight is 107 g/mol. The molecule has 1 atom stereocenters. The molecule has 0 saturated heterocycles. The highest BCUT2D eigenvalue weighted by molar-refractivity contribution is 4.74. The van der Waals surface area contributed by atoms with Gasteiger partial charge in [0.05, 0.1) is 12.1 Å². The molecule has 0 rings (SSSR count). The van der Waals surface area contributed by atoms with E-state index in [2.05, 4.69) is 0 Å². The summed E-state index contributed by atoms with van der Waals surface area (Å²) in [6, 6.07) is 0. The molecule has 0 aliphatic rings. The summed E-state index contributed by atoms with van der Waals surface area (Å²) in [5.74, 6) is 0. The minimum Gasteiger partial charge on any atom is -0.394 e. The van der Waals surface area contributed by atoms with Gasteiger partial charge in [-0.2, -0.15) is 0 Å². The third kappa shape index (κ3) is 2.53. The topological polar surface area (TPSA) is 46.2 Å². The molecule has 44 valence electrons. The molecule has 0 heterocycles. The van der Waals surface area contributed by atoms with Crippen LogP contribution in [0.25, 0.3) is 0 Å². The van der Waals surface area contributed by atoms with Crippen molar-refractivity contribution in [1.82, 2.24) is 0 Å². The van der Waals surface area contributed by atoms with Crippen molar-refractivity contribution in [1.29, 1.82) is 0 Å². The van der Waals surface area contributed by atoms with Crippen LogP contribution in [0.1, 0.15) is 6.92 Å². The predicted molar refractivity (Wildman–Crippen MR) is 25.7 cm³/mol. The van der Waals surface area contributed by atoms with Crippen LogP contribution < -0.4 is 5.73 Å². The molecule has 0 aromatic heterocycles. The third-order valence-electron chi connectivity index (χ3n) is 0.666. The van der Waals surface area contributed by atoms with E-state index in [1.54, 1.807) is 0 Å². The zero-order valence-corrected chi connectivity index (χ0v) is 4.32. The molecule has 3 N–H and O–H groups in total. The van der Waals surface area contributed by atoms with E-state index < -0.39 is 12.2 Å². The van der Waals surface area contributed by atoms with Crippen LogP contribution in [0.3, 0.4) is 0 Å².